The first-order valence-electron chi connectivity index (χ1n) is 12.6. The number of hydrogen-bond acceptors (Lipinski definition) is 9. The highest BCUT2D eigenvalue weighted by Gasteiger charge is 2.26. The molecule has 12 nitrogen and oxygen atoms in total. The van der Waals surface area contributed by atoms with Crippen LogP contribution in [0, 0.1) is 0 Å². The highest BCUT2D eigenvalue weighted by molar-refractivity contribution is 6.38. The number of hydrogen-bond donors (Lipinski definition) is 3. The fourth-order valence-electron chi connectivity index (χ4n) is 3.81. The summed E-state index contributed by atoms with van der Waals surface area (Å²) in [5.74, 6) is -0.656. The second kappa shape index (κ2) is 12.3. The molecule has 0 saturated heterocycles. The van der Waals surface area contributed by atoms with Gasteiger partial charge in [-0.1, -0.05) is 23.2 Å². The molecule has 0 bridgehead atoms. The average Bonchev–Trinajstić information content (AvgIpc) is 3.68. The third kappa shape index (κ3) is 7.66. The quantitative estimate of drug-likeness (QED) is 0.319. The summed E-state index contributed by atoms with van der Waals surface area (Å²) in [5, 5.41) is 5.59. The number of nitrogens with one attached hydrogen (secondary N) is 2. The molecule has 4 N–H and O–H groups in total. The molecule has 1 aliphatic carbocycles. The largest absolute Gasteiger partial charge is 0.490 e. The van der Waals surface area contributed by atoms with E-state index < -0.39 is 34.8 Å². The van der Waals surface area contributed by atoms with Gasteiger partial charge in [0.05, 0.1) is 46.4 Å². The molecule has 2 heterocycles. The van der Waals surface area contributed by atoms with E-state index in [1.165, 1.54) is 19.5 Å². The predicted octanol–water partition coefficient (Wildman–Crippen LogP) is 4.52. The summed E-state index contributed by atoms with van der Waals surface area (Å²) in [5.41, 5.74) is 4.89. The van der Waals surface area contributed by atoms with Gasteiger partial charge in [-0.15, -0.1) is 0 Å². The van der Waals surface area contributed by atoms with Gasteiger partial charge in [0.1, 0.15) is 29.1 Å². The Morgan fingerprint density at radius 3 is 2.46 bits per heavy atom. The molecule has 1 fully saturated rings. The van der Waals surface area contributed by atoms with Crippen LogP contribution in [0.3, 0.4) is 0 Å². The van der Waals surface area contributed by atoms with E-state index in [0.717, 1.165) is 23.7 Å². The van der Waals surface area contributed by atoms with Crippen LogP contribution in [-0.2, 0) is 9.47 Å². The molecule has 14 heteroatoms. The van der Waals surface area contributed by atoms with Crippen LogP contribution in [-0.4, -0.2) is 52.0 Å². The Labute approximate surface area is 246 Å². The second-order valence-electron chi connectivity index (χ2n) is 10.3. The molecule has 3 aromatic rings. The van der Waals surface area contributed by atoms with Gasteiger partial charge in [0.25, 0.3) is 11.5 Å². The van der Waals surface area contributed by atoms with E-state index in [2.05, 4.69) is 20.6 Å². The fourth-order valence-corrected chi connectivity index (χ4v) is 4.46. The predicted molar refractivity (Wildman–Crippen MR) is 154 cm³/mol. The zero-order valence-electron chi connectivity index (χ0n) is 22.9. The molecule has 0 radical (unpaired) electrons. The van der Waals surface area contributed by atoms with Crippen molar-refractivity contribution in [2.24, 2.45) is 0 Å². The van der Waals surface area contributed by atoms with Crippen molar-refractivity contribution in [2.45, 2.75) is 51.4 Å². The van der Waals surface area contributed by atoms with Crippen LogP contribution in [0.1, 0.15) is 55.6 Å². The summed E-state index contributed by atoms with van der Waals surface area (Å²) in [6, 6.07) is 4.02. The Morgan fingerprint density at radius 2 is 1.85 bits per heavy atom. The molecule has 218 valence electrons. The van der Waals surface area contributed by atoms with Gasteiger partial charge in [-0.25, -0.2) is 9.78 Å². The molecule has 2 aromatic heterocycles. The summed E-state index contributed by atoms with van der Waals surface area (Å²) in [6.07, 6.45) is 5.38. The SMILES string of the molecule is COC[C@@H](NC(=O)OC(C)(C)C)c1cncc(NC(=O)c2c(N)ncn(-c3c(Cl)cc(OC4CC4)cc3Cl)c2=O)c1. The van der Waals surface area contributed by atoms with Crippen LogP contribution >= 0.6 is 23.2 Å². The molecule has 0 spiro atoms. The van der Waals surface area contributed by atoms with Gasteiger partial charge in [-0.2, -0.15) is 0 Å². The lowest BCUT2D eigenvalue weighted by Gasteiger charge is -2.23. The number of pyridine rings is 1. The van der Waals surface area contributed by atoms with E-state index >= 15 is 0 Å². The molecule has 1 aliphatic rings. The first-order valence-corrected chi connectivity index (χ1v) is 13.4. The van der Waals surface area contributed by atoms with Crippen molar-refractivity contribution in [3.63, 3.8) is 0 Å². The van der Waals surface area contributed by atoms with E-state index in [9.17, 15) is 14.4 Å². The van der Waals surface area contributed by atoms with Crippen LogP contribution in [0.2, 0.25) is 10.0 Å². The van der Waals surface area contributed by atoms with Crippen molar-refractivity contribution >= 4 is 46.7 Å². The number of carbonyl (C=O) groups is 2. The van der Waals surface area contributed by atoms with Crippen molar-refractivity contribution < 1.29 is 23.8 Å². The van der Waals surface area contributed by atoms with Gasteiger partial charge < -0.3 is 30.6 Å². The van der Waals surface area contributed by atoms with Crippen LogP contribution in [0.15, 0.2) is 41.7 Å². The van der Waals surface area contributed by atoms with E-state index in [0.29, 0.717) is 11.3 Å². The van der Waals surface area contributed by atoms with E-state index in [4.69, 9.17) is 43.1 Å². The fraction of sp³-hybridized carbons (Fsp3) is 0.370. The molecule has 41 heavy (non-hydrogen) atoms. The number of halogens is 2. The van der Waals surface area contributed by atoms with Crippen molar-refractivity contribution in [2.75, 3.05) is 24.8 Å². The third-order valence-electron chi connectivity index (χ3n) is 5.73. The van der Waals surface area contributed by atoms with Gasteiger partial charge >= 0.3 is 6.09 Å². The lowest BCUT2D eigenvalue weighted by atomic mass is 10.1. The van der Waals surface area contributed by atoms with Gasteiger partial charge in [0, 0.05) is 25.4 Å². The molecule has 0 aliphatic heterocycles. The number of alkyl carbamates (subject to hydrolysis) is 1. The minimum Gasteiger partial charge on any atom is -0.490 e. The Bertz CT molecular complexity index is 1500. The van der Waals surface area contributed by atoms with Gasteiger partial charge in [0.15, 0.2) is 0 Å². The molecular formula is C27H30Cl2N6O6. The van der Waals surface area contributed by atoms with Crippen LogP contribution in [0.5, 0.6) is 5.75 Å². The Balaban J connectivity index is 1.59. The maximum atomic E-state index is 13.4. The zero-order chi connectivity index (χ0) is 29.9. The van der Waals surface area contributed by atoms with Crippen molar-refractivity contribution in [1.29, 1.82) is 0 Å². The first kappa shape index (κ1) is 30.1. The van der Waals surface area contributed by atoms with Crippen LogP contribution in [0.25, 0.3) is 5.69 Å². The molecule has 1 atom stereocenters. The van der Waals surface area contributed by atoms with Crippen molar-refractivity contribution in [3.8, 4) is 11.4 Å². The topological polar surface area (TPSA) is 160 Å². The van der Waals surface area contributed by atoms with Crippen molar-refractivity contribution in [3.05, 3.63) is 68.4 Å². The summed E-state index contributed by atoms with van der Waals surface area (Å²) in [6.45, 7) is 5.33. The minimum absolute atomic E-state index is 0.102. The van der Waals surface area contributed by atoms with E-state index in [1.807, 2.05) is 0 Å². The smallest absolute Gasteiger partial charge is 0.408 e. The zero-order valence-corrected chi connectivity index (χ0v) is 24.4. The lowest BCUT2D eigenvalue weighted by molar-refractivity contribution is 0.0467. The normalized spacial score (nSPS) is 13.8. The summed E-state index contributed by atoms with van der Waals surface area (Å²) >= 11 is 12.9. The summed E-state index contributed by atoms with van der Waals surface area (Å²) in [4.78, 5) is 47.2. The van der Waals surface area contributed by atoms with Gasteiger partial charge in [-0.05, 0) is 45.2 Å². The van der Waals surface area contributed by atoms with Crippen molar-refractivity contribution in [1.82, 2.24) is 19.9 Å². The Hall–Kier alpha value is -3.87. The molecule has 4 rings (SSSR count). The standard InChI is InChI=1S/C27H30Cl2N6O6/c1-27(2,3)41-26(38)34-20(12-39-4)14-7-15(11-31-10-14)33-24(36)21-23(30)32-13-35(25(21)37)22-18(28)8-17(9-19(22)29)40-16-5-6-16/h7-11,13,16,20H,5-6,12,30H2,1-4H3,(H,33,36)(H,34,38)/t20-/m1/s1. The molecule has 1 saturated carbocycles. The number of ether oxygens (including phenoxy) is 3. The van der Waals surface area contributed by atoms with Gasteiger partial charge in [-0.3, -0.25) is 19.1 Å². The number of nitrogens with two attached hydrogens (primary N) is 1. The monoisotopic (exact) mass is 604 g/mol. The minimum atomic E-state index is -0.836. The molecule has 2 amide bonds. The van der Waals surface area contributed by atoms with Crippen LogP contribution in [0.4, 0.5) is 16.3 Å². The average molecular weight is 605 g/mol. The Kier molecular flexibility index (Phi) is 9.05. The van der Waals surface area contributed by atoms with E-state index in [-0.39, 0.29) is 39.9 Å². The molecule has 0 unspecified atom stereocenters. The van der Waals surface area contributed by atoms with Gasteiger partial charge in [0.2, 0.25) is 0 Å². The number of aromatic nitrogens is 3. The van der Waals surface area contributed by atoms with E-state index in [1.54, 1.807) is 39.0 Å². The lowest BCUT2D eigenvalue weighted by Crippen LogP contribution is -2.36. The number of amides is 2. The summed E-state index contributed by atoms with van der Waals surface area (Å²) < 4.78 is 17.3. The number of carbonyl (C=O) groups excluding carboxylic acids is 2. The highest BCUT2D eigenvalue weighted by Crippen LogP contribution is 2.35. The second-order valence-corrected chi connectivity index (χ2v) is 11.2. The summed E-state index contributed by atoms with van der Waals surface area (Å²) in [7, 11) is 1.48. The number of methoxy groups -OCH3 is 1. The number of anilines is 2. The highest BCUT2D eigenvalue weighted by atomic mass is 35.5. The number of nitrogen functional groups attached to an aromatic ring is 1. The molecule has 1 aromatic carbocycles. The third-order valence-corrected chi connectivity index (χ3v) is 6.31. The number of benzene rings is 1. The van der Waals surface area contributed by atoms with Crippen LogP contribution < -0.4 is 26.7 Å². The maximum absolute atomic E-state index is 13.4. The number of rotatable bonds is 9. The first-order chi connectivity index (χ1) is 19.4. The Morgan fingerprint density at radius 1 is 1.17 bits per heavy atom. The maximum Gasteiger partial charge on any atom is 0.408 e. The molecular weight excluding hydrogens is 575 g/mol. The number of nitrogens with zero attached hydrogens (tertiary/aromatic N) is 3.